The van der Waals surface area contributed by atoms with Crippen LogP contribution in [0.25, 0.3) is 0 Å². The topological polar surface area (TPSA) is 61.4 Å². The fraction of sp³-hybridized carbons (Fsp3) is 0.467. The van der Waals surface area contributed by atoms with Gasteiger partial charge in [0, 0.05) is 43.9 Å². The number of rotatable bonds is 2. The summed E-state index contributed by atoms with van der Waals surface area (Å²) >= 11 is 0. The molecule has 24 heavy (non-hydrogen) atoms. The first kappa shape index (κ1) is 20.2. The van der Waals surface area contributed by atoms with E-state index in [9.17, 15) is 22.8 Å². The fourth-order valence-electron chi connectivity index (χ4n) is 2.49. The van der Waals surface area contributed by atoms with Crippen LogP contribution in [-0.2, 0) is 11.0 Å². The second-order valence-corrected chi connectivity index (χ2v) is 5.58. The van der Waals surface area contributed by atoms with E-state index in [4.69, 9.17) is 0 Å². The Labute approximate surface area is 144 Å². The van der Waals surface area contributed by atoms with E-state index in [1.165, 1.54) is 17.9 Å². The summed E-state index contributed by atoms with van der Waals surface area (Å²) in [7, 11) is 0. The number of hydrogen-bond donors (Lipinski definition) is 2. The van der Waals surface area contributed by atoms with Gasteiger partial charge in [-0.15, -0.1) is 12.4 Å². The average Bonchev–Trinajstić information content (AvgIpc) is 2.44. The third-order valence-corrected chi connectivity index (χ3v) is 3.48. The fourth-order valence-corrected chi connectivity index (χ4v) is 2.49. The molecule has 1 fully saturated rings. The van der Waals surface area contributed by atoms with Crippen LogP contribution in [-0.4, -0.2) is 42.4 Å². The standard InChI is InChI=1S/C15H18F3N3O2.ClH/c1-9-8-21(4-3-19-9)14(23)11-5-12(15(16,17)18)7-13(6-11)20-10(2)22;/h5-7,9,19H,3-4,8H2,1-2H3,(H,20,22);1H. The molecule has 1 unspecified atom stereocenters. The molecule has 2 amide bonds. The SMILES string of the molecule is CC(=O)Nc1cc(C(=O)N2CCNC(C)C2)cc(C(F)(F)F)c1.Cl. The Morgan fingerprint density at radius 3 is 2.50 bits per heavy atom. The van der Waals surface area contributed by atoms with Gasteiger partial charge in [0.2, 0.25) is 5.91 Å². The molecule has 0 aromatic heterocycles. The van der Waals surface area contributed by atoms with E-state index in [0.717, 1.165) is 12.1 Å². The van der Waals surface area contributed by atoms with Gasteiger partial charge < -0.3 is 15.5 Å². The van der Waals surface area contributed by atoms with Gasteiger partial charge in [-0.1, -0.05) is 0 Å². The Balaban J connectivity index is 0.00000288. The summed E-state index contributed by atoms with van der Waals surface area (Å²) in [4.78, 5) is 25.1. The number of amides is 2. The summed E-state index contributed by atoms with van der Waals surface area (Å²) in [5, 5.41) is 5.46. The summed E-state index contributed by atoms with van der Waals surface area (Å²) in [5.74, 6) is -0.977. The number of benzene rings is 1. The van der Waals surface area contributed by atoms with Crippen molar-refractivity contribution in [3.05, 3.63) is 29.3 Å². The molecule has 1 aromatic carbocycles. The van der Waals surface area contributed by atoms with Crippen molar-refractivity contribution < 1.29 is 22.8 Å². The molecule has 0 bridgehead atoms. The predicted molar refractivity (Wildman–Crippen MR) is 86.4 cm³/mol. The number of anilines is 1. The summed E-state index contributed by atoms with van der Waals surface area (Å²) in [6, 6.07) is 2.98. The number of halogens is 4. The summed E-state index contributed by atoms with van der Waals surface area (Å²) < 4.78 is 39.0. The van der Waals surface area contributed by atoms with Crippen molar-refractivity contribution in [2.24, 2.45) is 0 Å². The van der Waals surface area contributed by atoms with Crippen LogP contribution in [0.3, 0.4) is 0 Å². The lowest BCUT2D eigenvalue weighted by atomic mass is 10.1. The zero-order valence-corrected chi connectivity index (χ0v) is 14.1. The Hall–Kier alpha value is -1.80. The molecule has 1 aliphatic rings. The molecule has 9 heteroatoms. The van der Waals surface area contributed by atoms with Gasteiger partial charge in [0.05, 0.1) is 5.56 Å². The zero-order valence-electron chi connectivity index (χ0n) is 13.2. The van der Waals surface area contributed by atoms with Crippen LogP contribution < -0.4 is 10.6 Å². The monoisotopic (exact) mass is 365 g/mol. The molecule has 1 aliphatic heterocycles. The molecule has 5 nitrogen and oxygen atoms in total. The maximum atomic E-state index is 13.0. The second-order valence-electron chi connectivity index (χ2n) is 5.58. The van der Waals surface area contributed by atoms with Crippen molar-refractivity contribution in [1.29, 1.82) is 0 Å². The van der Waals surface area contributed by atoms with E-state index in [1.54, 1.807) is 0 Å². The first-order chi connectivity index (χ1) is 10.7. The lowest BCUT2D eigenvalue weighted by Crippen LogP contribution is -2.51. The van der Waals surface area contributed by atoms with Crippen molar-refractivity contribution in [2.45, 2.75) is 26.1 Å². The Bertz CT molecular complexity index is 622. The van der Waals surface area contributed by atoms with Gasteiger partial charge in [-0.3, -0.25) is 9.59 Å². The minimum atomic E-state index is -4.60. The maximum absolute atomic E-state index is 13.0. The van der Waals surface area contributed by atoms with Gasteiger partial charge in [-0.05, 0) is 25.1 Å². The number of nitrogens with zero attached hydrogens (tertiary/aromatic N) is 1. The number of piperazine rings is 1. The van der Waals surface area contributed by atoms with Crippen molar-refractivity contribution in [3.63, 3.8) is 0 Å². The molecule has 134 valence electrons. The molecule has 0 spiro atoms. The lowest BCUT2D eigenvalue weighted by Gasteiger charge is -2.32. The zero-order chi connectivity index (χ0) is 17.2. The van der Waals surface area contributed by atoms with E-state index >= 15 is 0 Å². The molecule has 1 atom stereocenters. The Morgan fingerprint density at radius 2 is 1.96 bits per heavy atom. The van der Waals surface area contributed by atoms with Crippen LogP contribution in [0.4, 0.5) is 18.9 Å². The molecule has 2 rings (SSSR count). The molecular formula is C15H19ClF3N3O2. The van der Waals surface area contributed by atoms with E-state index in [0.29, 0.717) is 19.6 Å². The number of hydrogen-bond acceptors (Lipinski definition) is 3. The third-order valence-electron chi connectivity index (χ3n) is 3.48. The smallest absolute Gasteiger partial charge is 0.336 e. The quantitative estimate of drug-likeness (QED) is 0.846. The van der Waals surface area contributed by atoms with Crippen LogP contribution in [0.2, 0.25) is 0 Å². The number of alkyl halides is 3. The molecule has 0 saturated carbocycles. The summed E-state index contributed by atoms with van der Waals surface area (Å²) in [6.07, 6.45) is -4.60. The number of carbonyl (C=O) groups is 2. The summed E-state index contributed by atoms with van der Waals surface area (Å²) in [5.41, 5.74) is -1.09. The van der Waals surface area contributed by atoms with Crippen LogP contribution in [0, 0.1) is 0 Å². The van der Waals surface area contributed by atoms with E-state index < -0.39 is 23.6 Å². The summed E-state index contributed by atoms with van der Waals surface area (Å²) in [6.45, 7) is 4.53. The van der Waals surface area contributed by atoms with Crippen LogP contribution in [0.5, 0.6) is 0 Å². The minimum Gasteiger partial charge on any atom is -0.336 e. The van der Waals surface area contributed by atoms with Crippen molar-refractivity contribution in [1.82, 2.24) is 10.2 Å². The molecule has 2 N–H and O–H groups in total. The van der Waals surface area contributed by atoms with Gasteiger partial charge in [0.25, 0.3) is 5.91 Å². The van der Waals surface area contributed by atoms with Crippen molar-refractivity contribution >= 4 is 29.9 Å². The third kappa shape index (κ3) is 5.10. The van der Waals surface area contributed by atoms with Gasteiger partial charge in [0.1, 0.15) is 0 Å². The number of carbonyl (C=O) groups excluding carboxylic acids is 2. The second kappa shape index (κ2) is 7.85. The van der Waals surface area contributed by atoms with Crippen LogP contribution >= 0.6 is 12.4 Å². The van der Waals surface area contributed by atoms with Crippen molar-refractivity contribution in [3.8, 4) is 0 Å². The van der Waals surface area contributed by atoms with Gasteiger partial charge in [-0.2, -0.15) is 13.2 Å². The van der Waals surface area contributed by atoms with E-state index in [-0.39, 0.29) is 29.7 Å². The molecule has 1 heterocycles. The highest BCUT2D eigenvalue weighted by atomic mass is 35.5. The lowest BCUT2D eigenvalue weighted by molar-refractivity contribution is -0.137. The largest absolute Gasteiger partial charge is 0.416 e. The predicted octanol–water partition coefficient (Wildman–Crippen LogP) is 2.52. The molecule has 1 aromatic rings. The first-order valence-corrected chi connectivity index (χ1v) is 7.19. The molecule has 1 saturated heterocycles. The molecule has 0 radical (unpaired) electrons. The van der Waals surface area contributed by atoms with Crippen molar-refractivity contribution in [2.75, 3.05) is 25.0 Å². The normalized spacial score (nSPS) is 17.9. The average molecular weight is 366 g/mol. The highest BCUT2D eigenvalue weighted by Crippen LogP contribution is 2.32. The van der Waals surface area contributed by atoms with Crippen LogP contribution in [0.15, 0.2) is 18.2 Å². The van der Waals surface area contributed by atoms with Gasteiger partial charge in [0.15, 0.2) is 0 Å². The Kier molecular flexibility index (Phi) is 6.62. The van der Waals surface area contributed by atoms with E-state index in [2.05, 4.69) is 10.6 Å². The molecule has 0 aliphatic carbocycles. The highest BCUT2D eigenvalue weighted by molar-refractivity contribution is 5.97. The number of nitrogens with one attached hydrogen (secondary N) is 2. The molecular weight excluding hydrogens is 347 g/mol. The maximum Gasteiger partial charge on any atom is 0.416 e. The first-order valence-electron chi connectivity index (χ1n) is 7.19. The van der Waals surface area contributed by atoms with Crippen LogP contribution in [0.1, 0.15) is 29.8 Å². The van der Waals surface area contributed by atoms with Gasteiger partial charge >= 0.3 is 6.18 Å². The van der Waals surface area contributed by atoms with E-state index in [1.807, 2.05) is 6.92 Å². The highest BCUT2D eigenvalue weighted by Gasteiger charge is 2.32. The minimum absolute atomic E-state index is 0. The Morgan fingerprint density at radius 1 is 1.29 bits per heavy atom. The van der Waals surface area contributed by atoms with Gasteiger partial charge in [-0.25, -0.2) is 0 Å².